The average molecular weight is 225 g/mol. The second-order valence-corrected chi connectivity index (χ2v) is 4.78. The molecular weight excluding hydrogens is 206 g/mol. The fraction of sp³-hybridized carbons (Fsp3) is 0.636. The van der Waals surface area contributed by atoms with Crippen LogP contribution in [-0.2, 0) is 17.3 Å². The highest BCUT2D eigenvalue weighted by Gasteiger charge is 2.27. The number of hydrogen-bond donors (Lipinski definition) is 1. The minimum Gasteiger partial charge on any atom is -0.493 e. The quantitative estimate of drug-likeness (QED) is 0.616. The van der Waals surface area contributed by atoms with Gasteiger partial charge in [0.05, 0.1) is 17.0 Å². The van der Waals surface area contributed by atoms with E-state index in [1.807, 2.05) is 20.8 Å². The molecule has 0 spiro atoms. The van der Waals surface area contributed by atoms with E-state index >= 15 is 0 Å². The van der Waals surface area contributed by atoms with E-state index in [4.69, 9.17) is 4.84 Å². The van der Waals surface area contributed by atoms with Gasteiger partial charge < -0.3 is 9.94 Å². The van der Waals surface area contributed by atoms with E-state index < -0.39 is 0 Å². The summed E-state index contributed by atoms with van der Waals surface area (Å²) >= 11 is 0. The summed E-state index contributed by atoms with van der Waals surface area (Å²) in [7, 11) is 3.18. The van der Waals surface area contributed by atoms with Crippen LogP contribution in [0.5, 0.6) is 5.88 Å². The molecule has 0 unspecified atom stereocenters. The van der Waals surface area contributed by atoms with Crippen molar-refractivity contribution < 1.29 is 9.94 Å². The number of aromatic hydroxyl groups is 1. The Morgan fingerprint density at radius 1 is 1.44 bits per heavy atom. The second-order valence-electron chi connectivity index (χ2n) is 4.78. The van der Waals surface area contributed by atoms with E-state index in [1.54, 1.807) is 14.0 Å². The predicted octanol–water partition coefficient (Wildman–Crippen LogP) is 1.79. The Balaban J connectivity index is 3.42. The number of aryl methyl sites for hydroxylation is 1. The largest absolute Gasteiger partial charge is 0.493 e. The first-order valence-electron chi connectivity index (χ1n) is 5.13. The standard InChI is InChI=1S/C11H19N3O2/c1-7(13-16-6)8-9(11(2,3)4)12-14(5)10(8)15/h15H,1-6H3. The maximum absolute atomic E-state index is 9.94. The van der Waals surface area contributed by atoms with Gasteiger partial charge in [0.25, 0.3) is 0 Å². The molecule has 1 aromatic heterocycles. The Hall–Kier alpha value is -1.52. The van der Waals surface area contributed by atoms with Crippen molar-refractivity contribution in [1.82, 2.24) is 9.78 Å². The zero-order chi connectivity index (χ0) is 12.5. The monoisotopic (exact) mass is 225 g/mol. The van der Waals surface area contributed by atoms with Crippen LogP contribution in [0.15, 0.2) is 5.16 Å². The molecular formula is C11H19N3O2. The highest BCUT2D eigenvalue weighted by atomic mass is 16.6. The van der Waals surface area contributed by atoms with Crippen molar-refractivity contribution in [2.24, 2.45) is 12.2 Å². The van der Waals surface area contributed by atoms with Crippen LogP contribution in [0, 0.1) is 0 Å². The van der Waals surface area contributed by atoms with Crippen molar-refractivity contribution in [2.75, 3.05) is 7.11 Å². The van der Waals surface area contributed by atoms with Gasteiger partial charge in [0.1, 0.15) is 7.11 Å². The van der Waals surface area contributed by atoms with Crippen LogP contribution < -0.4 is 0 Å². The zero-order valence-electron chi connectivity index (χ0n) is 10.7. The molecule has 0 aliphatic heterocycles. The Bertz CT molecular complexity index is 414. The molecule has 0 aliphatic carbocycles. The fourth-order valence-corrected chi connectivity index (χ4v) is 1.56. The van der Waals surface area contributed by atoms with Gasteiger partial charge in [0.15, 0.2) is 0 Å². The van der Waals surface area contributed by atoms with Crippen LogP contribution >= 0.6 is 0 Å². The molecule has 0 saturated carbocycles. The zero-order valence-corrected chi connectivity index (χ0v) is 10.7. The van der Waals surface area contributed by atoms with E-state index in [9.17, 15) is 5.11 Å². The van der Waals surface area contributed by atoms with Crippen LogP contribution in [0.1, 0.15) is 39.0 Å². The van der Waals surface area contributed by atoms with Gasteiger partial charge in [-0.1, -0.05) is 25.9 Å². The minimum absolute atomic E-state index is 0.114. The number of hydrogen-bond acceptors (Lipinski definition) is 4. The molecule has 0 aliphatic rings. The van der Waals surface area contributed by atoms with E-state index in [2.05, 4.69) is 10.3 Å². The number of nitrogens with zero attached hydrogens (tertiary/aromatic N) is 3. The number of rotatable bonds is 2. The first-order chi connectivity index (χ1) is 7.29. The van der Waals surface area contributed by atoms with Gasteiger partial charge in [0, 0.05) is 12.5 Å². The molecule has 1 rings (SSSR count). The summed E-state index contributed by atoms with van der Waals surface area (Å²) in [4.78, 5) is 4.73. The Labute approximate surface area is 95.7 Å². The molecule has 16 heavy (non-hydrogen) atoms. The predicted molar refractivity (Wildman–Crippen MR) is 62.8 cm³/mol. The van der Waals surface area contributed by atoms with Crippen molar-refractivity contribution in [3.8, 4) is 5.88 Å². The topological polar surface area (TPSA) is 59.6 Å². The maximum Gasteiger partial charge on any atom is 0.218 e. The van der Waals surface area contributed by atoms with E-state index in [0.717, 1.165) is 5.69 Å². The third kappa shape index (κ3) is 2.18. The molecule has 90 valence electrons. The molecule has 0 fully saturated rings. The SMILES string of the molecule is CON=C(C)c1c(C(C)(C)C)nn(C)c1O. The van der Waals surface area contributed by atoms with E-state index in [-0.39, 0.29) is 11.3 Å². The smallest absolute Gasteiger partial charge is 0.218 e. The summed E-state index contributed by atoms with van der Waals surface area (Å²) in [5.41, 5.74) is 1.93. The fourth-order valence-electron chi connectivity index (χ4n) is 1.56. The first kappa shape index (κ1) is 12.5. The summed E-state index contributed by atoms with van der Waals surface area (Å²) in [5.74, 6) is 0.114. The van der Waals surface area contributed by atoms with Crippen LogP contribution in [0.2, 0.25) is 0 Å². The number of aromatic nitrogens is 2. The lowest BCUT2D eigenvalue weighted by Crippen LogP contribution is -2.16. The van der Waals surface area contributed by atoms with Gasteiger partial charge in [-0.05, 0) is 6.92 Å². The molecule has 1 aromatic rings. The molecule has 0 saturated heterocycles. The lowest BCUT2D eigenvalue weighted by atomic mass is 9.88. The van der Waals surface area contributed by atoms with Crippen molar-refractivity contribution in [2.45, 2.75) is 33.1 Å². The molecule has 0 atom stereocenters. The van der Waals surface area contributed by atoms with E-state index in [0.29, 0.717) is 11.3 Å². The van der Waals surface area contributed by atoms with Crippen LogP contribution in [0.3, 0.4) is 0 Å². The number of oxime groups is 1. The Morgan fingerprint density at radius 2 is 2.00 bits per heavy atom. The molecule has 1 heterocycles. The van der Waals surface area contributed by atoms with Gasteiger partial charge in [0.2, 0.25) is 5.88 Å². The van der Waals surface area contributed by atoms with Gasteiger partial charge in [-0.25, -0.2) is 4.68 Å². The second kappa shape index (κ2) is 4.15. The average Bonchev–Trinajstić information content (AvgIpc) is 2.43. The summed E-state index contributed by atoms with van der Waals surface area (Å²) in [5, 5.41) is 18.1. The highest BCUT2D eigenvalue weighted by molar-refractivity contribution is 6.01. The van der Waals surface area contributed by atoms with Crippen molar-refractivity contribution in [1.29, 1.82) is 0 Å². The molecule has 5 nitrogen and oxygen atoms in total. The first-order valence-corrected chi connectivity index (χ1v) is 5.13. The van der Waals surface area contributed by atoms with Gasteiger partial charge >= 0.3 is 0 Å². The normalized spacial score (nSPS) is 13.0. The summed E-state index contributed by atoms with van der Waals surface area (Å²) in [6, 6.07) is 0. The lowest BCUT2D eigenvalue weighted by Gasteiger charge is -2.16. The van der Waals surface area contributed by atoms with Crippen LogP contribution in [0.4, 0.5) is 0 Å². The molecule has 0 aromatic carbocycles. The Morgan fingerprint density at radius 3 is 2.44 bits per heavy atom. The minimum atomic E-state index is -0.154. The lowest BCUT2D eigenvalue weighted by molar-refractivity contribution is 0.213. The van der Waals surface area contributed by atoms with Crippen molar-refractivity contribution >= 4 is 5.71 Å². The highest BCUT2D eigenvalue weighted by Crippen LogP contribution is 2.30. The van der Waals surface area contributed by atoms with Crippen LogP contribution in [0.25, 0.3) is 0 Å². The summed E-state index contributed by atoms with van der Waals surface area (Å²) in [6.45, 7) is 7.91. The maximum atomic E-state index is 9.94. The van der Waals surface area contributed by atoms with Crippen LogP contribution in [-0.4, -0.2) is 27.7 Å². The third-order valence-corrected chi connectivity index (χ3v) is 2.32. The molecule has 0 amide bonds. The molecule has 0 radical (unpaired) electrons. The van der Waals surface area contributed by atoms with Crippen molar-refractivity contribution in [3.05, 3.63) is 11.3 Å². The van der Waals surface area contributed by atoms with Crippen molar-refractivity contribution in [3.63, 3.8) is 0 Å². The molecule has 1 N–H and O–H groups in total. The molecule has 0 bridgehead atoms. The van der Waals surface area contributed by atoms with Gasteiger partial charge in [-0.2, -0.15) is 5.10 Å². The van der Waals surface area contributed by atoms with Gasteiger partial charge in [-0.15, -0.1) is 0 Å². The summed E-state index contributed by atoms with van der Waals surface area (Å²) in [6.07, 6.45) is 0. The van der Waals surface area contributed by atoms with E-state index in [1.165, 1.54) is 11.8 Å². The Kier molecular flexibility index (Phi) is 3.26. The summed E-state index contributed by atoms with van der Waals surface area (Å²) < 4.78 is 1.45. The van der Waals surface area contributed by atoms with Gasteiger partial charge in [-0.3, -0.25) is 0 Å². The molecule has 5 heteroatoms. The third-order valence-electron chi connectivity index (χ3n) is 2.32.